The molecule has 0 heterocycles. The molecule has 24 heavy (non-hydrogen) atoms. The first-order valence-corrected chi connectivity index (χ1v) is 10.6. The van der Waals surface area contributed by atoms with Gasteiger partial charge in [0.25, 0.3) is 0 Å². The van der Waals surface area contributed by atoms with Crippen LogP contribution in [-0.2, 0) is 25.0 Å². The number of esters is 1. The molecule has 0 aliphatic carbocycles. The lowest BCUT2D eigenvalue weighted by Crippen LogP contribution is -2.10. The van der Waals surface area contributed by atoms with E-state index >= 15 is 0 Å². The first kappa shape index (κ1) is 21.2. The van der Waals surface area contributed by atoms with E-state index in [9.17, 15) is 14.5 Å². The molecule has 0 atom stereocenters. The van der Waals surface area contributed by atoms with Crippen molar-refractivity contribution in [1.29, 1.82) is 0 Å². The molecule has 0 aliphatic heterocycles. The number of carbonyl (C=O) groups is 1. The second-order valence-corrected chi connectivity index (χ2v) is 8.30. The molecule has 0 fully saturated rings. The summed E-state index contributed by atoms with van der Waals surface area (Å²) in [5.74, 6) is -0.471. The Labute approximate surface area is 147 Å². The lowest BCUT2D eigenvalue weighted by Gasteiger charge is -2.18. The SMILES string of the molecule is CCCOC(=O)c1cccc(SCP(=O)(OCC)OCC)c1CO. The quantitative estimate of drug-likeness (QED) is 0.354. The predicted molar refractivity (Wildman–Crippen MR) is 94.5 cm³/mol. The number of aliphatic hydroxyl groups is 1. The van der Waals surface area contributed by atoms with E-state index in [1.807, 2.05) is 6.92 Å². The Hall–Kier alpha value is -0.850. The van der Waals surface area contributed by atoms with Crippen molar-refractivity contribution in [2.24, 2.45) is 0 Å². The Morgan fingerprint density at radius 1 is 1.21 bits per heavy atom. The van der Waals surface area contributed by atoms with Gasteiger partial charge in [0, 0.05) is 10.5 Å². The van der Waals surface area contributed by atoms with Crippen LogP contribution in [0.1, 0.15) is 43.1 Å². The molecule has 0 bridgehead atoms. The van der Waals surface area contributed by atoms with Crippen LogP contribution in [-0.4, -0.2) is 36.4 Å². The van der Waals surface area contributed by atoms with Crippen molar-refractivity contribution in [2.75, 3.05) is 25.3 Å². The summed E-state index contributed by atoms with van der Waals surface area (Å²) in [5.41, 5.74) is 0.886. The number of ether oxygens (including phenoxy) is 1. The third kappa shape index (κ3) is 6.22. The lowest BCUT2D eigenvalue weighted by molar-refractivity contribution is 0.0501. The minimum Gasteiger partial charge on any atom is -0.462 e. The monoisotopic (exact) mass is 376 g/mol. The van der Waals surface area contributed by atoms with Gasteiger partial charge in [-0.05, 0) is 32.4 Å². The van der Waals surface area contributed by atoms with Crippen molar-refractivity contribution in [3.8, 4) is 0 Å². The molecular weight excluding hydrogens is 351 g/mol. The molecule has 0 aliphatic rings. The van der Waals surface area contributed by atoms with E-state index < -0.39 is 13.6 Å². The summed E-state index contributed by atoms with van der Waals surface area (Å²) in [4.78, 5) is 12.8. The number of rotatable bonds is 11. The van der Waals surface area contributed by atoms with E-state index in [1.54, 1.807) is 32.0 Å². The van der Waals surface area contributed by atoms with Gasteiger partial charge in [-0.3, -0.25) is 4.57 Å². The van der Waals surface area contributed by atoms with Gasteiger partial charge in [0.15, 0.2) is 0 Å². The van der Waals surface area contributed by atoms with Crippen molar-refractivity contribution in [3.05, 3.63) is 29.3 Å². The van der Waals surface area contributed by atoms with Crippen molar-refractivity contribution in [3.63, 3.8) is 0 Å². The van der Waals surface area contributed by atoms with Crippen LogP contribution in [0.4, 0.5) is 0 Å². The minimum atomic E-state index is -3.21. The van der Waals surface area contributed by atoms with Gasteiger partial charge >= 0.3 is 13.6 Å². The minimum absolute atomic E-state index is 0.106. The Morgan fingerprint density at radius 3 is 2.42 bits per heavy atom. The van der Waals surface area contributed by atoms with Crippen LogP contribution in [0.5, 0.6) is 0 Å². The average Bonchev–Trinajstić information content (AvgIpc) is 2.57. The Kier molecular flexibility index (Phi) is 9.63. The molecule has 1 rings (SSSR count). The molecule has 0 saturated carbocycles. The van der Waals surface area contributed by atoms with Crippen LogP contribution in [0.2, 0.25) is 0 Å². The molecule has 136 valence electrons. The highest BCUT2D eigenvalue weighted by Gasteiger charge is 2.25. The Bertz CT molecular complexity index is 568. The molecule has 1 aromatic carbocycles. The zero-order valence-corrected chi connectivity index (χ0v) is 16.0. The van der Waals surface area contributed by atoms with E-state index in [-0.39, 0.29) is 25.3 Å². The zero-order chi connectivity index (χ0) is 18.0. The third-order valence-corrected chi connectivity index (χ3v) is 6.76. The summed E-state index contributed by atoms with van der Waals surface area (Å²) in [7, 11) is -3.21. The van der Waals surface area contributed by atoms with Gasteiger partial charge in [0.05, 0.1) is 32.0 Å². The topological polar surface area (TPSA) is 82.1 Å². The fourth-order valence-electron chi connectivity index (χ4n) is 1.98. The normalized spacial score (nSPS) is 11.5. The van der Waals surface area contributed by atoms with E-state index in [2.05, 4.69) is 0 Å². The molecule has 0 aromatic heterocycles. The molecule has 0 amide bonds. The number of hydrogen-bond acceptors (Lipinski definition) is 7. The molecule has 0 unspecified atom stereocenters. The van der Waals surface area contributed by atoms with Crippen LogP contribution < -0.4 is 0 Å². The largest absolute Gasteiger partial charge is 0.462 e. The summed E-state index contributed by atoms with van der Waals surface area (Å²) in [6.45, 7) is 5.99. The van der Waals surface area contributed by atoms with Crippen molar-refractivity contribution >= 4 is 25.3 Å². The number of aliphatic hydroxyl groups excluding tert-OH is 1. The number of benzene rings is 1. The molecule has 0 spiro atoms. The number of carbonyl (C=O) groups excluding carboxylic acids is 1. The highest BCUT2D eigenvalue weighted by atomic mass is 32.2. The Morgan fingerprint density at radius 2 is 1.88 bits per heavy atom. The van der Waals surface area contributed by atoms with Gasteiger partial charge in [0.2, 0.25) is 0 Å². The van der Waals surface area contributed by atoms with Gasteiger partial charge in [-0.15, -0.1) is 11.8 Å². The molecule has 6 nitrogen and oxygen atoms in total. The van der Waals surface area contributed by atoms with E-state index in [4.69, 9.17) is 13.8 Å². The number of thioether (sulfide) groups is 1. The predicted octanol–water partition coefficient (Wildman–Crippen LogP) is 4.06. The molecule has 8 heteroatoms. The summed E-state index contributed by atoms with van der Waals surface area (Å²) >= 11 is 1.23. The summed E-state index contributed by atoms with van der Waals surface area (Å²) in [6.07, 6.45) is 0.723. The van der Waals surface area contributed by atoms with E-state index in [1.165, 1.54) is 11.8 Å². The van der Waals surface area contributed by atoms with Crippen LogP contribution in [0.25, 0.3) is 0 Å². The third-order valence-electron chi connectivity index (χ3n) is 2.98. The van der Waals surface area contributed by atoms with Crippen LogP contribution in [0.3, 0.4) is 0 Å². The van der Waals surface area contributed by atoms with Crippen LogP contribution >= 0.6 is 19.4 Å². The number of hydrogen-bond donors (Lipinski definition) is 1. The Balaban J connectivity index is 2.95. The maximum atomic E-state index is 12.5. The van der Waals surface area contributed by atoms with Crippen molar-refractivity contribution in [1.82, 2.24) is 0 Å². The zero-order valence-electron chi connectivity index (χ0n) is 14.3. The molecule has 1 aromatic rings. The summed E-state index contributed by atoms with van der Waals surface area (Å²) in [5, 5.41) is 9.66. The average molecular weight is 376 g/mol. The molecule has 1 N–H and O–H groups in total. The highest BCUT2D eigenvalue weighted by Crippen LogP contribution is 2.52. The second-order valence-electron chi connectivity index (χ2n) is 4.80. The maximum absolute atomic E-state index is 12.5. The standard InChI is InChI=1S/C16H25O6PS/c1-4-10-20-16(18)13-8-7-9-15(14(13)11-17)24-12-23(19,21-5-2)22-6-3/h7-9,17H,4-6,10-12H2,1-3H3. The van der Waals surface area contributed by atoms with E-state index in [0.29, 0.717) is 22.6 Å². The molecular formula is C16H25O6PS. The smallest absolute Gasteiger partial charge is 0.340 e. The van der Waals surface area contributed by atoms with Gasteiger partial charge in [0.1, 0.15) is 5.49 Å². The first-order chi connectivity index (χ1) is 11.5. The van der Waals surface area contributed by atoms with E-state index in [0.717, 1.165) is 6.42 Å². The van der Waals surface area contributed by atoms with Gasteiger partial charge < -0.3 is 18.9 Å². The van der Waals surface area contributed by atoms with Gasteiger partial charge in [-0.1, -0.05) is 13.0 Å². The van der Waals surface area contributed by atoms with Crippen molar-refractivity contribution in [2.45, 2.75) is 38.7 Å². The van der Waals surface area contributed by atoms with Gasteiger partial charge in [-0.2, -0.15) is 0 Å². The fourth-order valence-corrected chi connectivity index (χ4v) is 5.15. The summed E-state index contributed by atoms with van der Waals surface area (Å²) < 4.78 is 28.2. The highest BCUT2D eigenvalue weighted by molar-refractivity contribution is 8.04. The van der Waals surface area contributed by atoms with Crippen LogP contribution in [0, 0.1) is 0 Å². The first-order valence-electron chi connectivity index (χ1n) is 7.92. The van der Waals surface area contributed by atoms with Gasteiger partial charge in [-0.25, -0.2) is 4.79 Å². The fraction of sp³-hybridized carbons (Fsp3) is 0.562. The molecule has 0 radical (unpaired) electrons. The lowest BCUT2D eigenvalue weighted by atomic mass is 10.1. The molecule has 0 saturated heterocycles. The van der Waals surface area contributed by atoms with Crippen molar-refractivity contribution < 1.29 is 28.3 Å². The second kappa shape index (κ2) is 10.9. The van der Waals surface area contributed by atoms with Crippen LogP contribution in [0.15, 0.2) is 23.1 Å². The summed E-state index contributed by atoms with van der Waals surface area (Å²) in [6, 6.07) is 5.07. The maximum Gasteiger partial charge on any atom is 0.340 e.